The third-order valence-corrected chi connectivity index (χ3v) is 4.59. The number of para-hydroxylation sites is 1. The first-order valence-corrected chi connectivity index (χ1v) is 7.84. The summed E-state index contributed by atoms with van der Waals surface area (Å²) in [6.07, 6.45) is 0.608. The Balaban J connectivity index is 1.73. The zero-order valence-electron chi connectivity index (χ0n) is 13.4. The first-order valence-electron chi connectivity index (χ1n) is 7.84. The topological polar surface area (TPSA) is 61.8 Å². The highest BCUT2D eigenvalue weighted by Gasteiger charge is 2.48. The first kappa shape index (κ1) is 15.2. The number of piperidine rings is 1. The van der Waals surface area contributed by atoms with Gasteiger partial charge in [0.2, 0.25) is 0 Å². The van der Waals surface area contributed by atoms with Gasteiger partial charge in [-0.3, -0.25) is 0 Å². The monoisotopic (exact) mass is 304 g/mol. The maximum absolute atomic E-state index is 12.2. The van der Waals surface area contributed by atoms with Gasteiger partial charge < -0.3 is 20.1 Å². The smallest absolute Gasteiger partial charge is 0.410 e. The van der Waals surface area contributed by atoms with Crippen molar-refractivity contribution in [3.63, 3.8) is 0 Å². The molecule has 1 spiro atoms. The predicted molar refractivity (Wildman–Crippen MR) is 84.8 cm³/mol. The molecule has 5 heteroatoms. The molecule has 1 atom stereocenters. The lowest BCUT2D eigenvalue weighted by molar-refractivity contribution is 0.00582. The summed E-state index contributed by atoms with van der Waals surface area (Å²) < 4.78 is 5.43. The van der Waals surface area contributed by atoms with Gasteiger partial charge in [0.05, 0.1) is 0 Å². The Bertz CT molecular complexity index is 572. The van der Waals surface area contributed by atoms with Crippen LogP contribution in [0.1, 0.15) is 39.2 Å². The van der Waals surface area contributed by atoms with Crippen molar-refractivity contribution in [2.45, 2.75) is 50.9 Å². The van der Waals surface area contributed by atoms with Crippen LogP contribution in [0.2, 0.25) is 0 Å². The summed E-state index contributed by atoms with van der Waals surface area (Å²) in [6, 6.07) is 8.03. The molecular formula is C17H24N2O3. The number of aliphatic hydroxyl groups is 1. The minimum Gasteiger partial charge on any atom is -0.444 e. The van der Waals surface area contributed by atoms with Gasteiger partial charge in [0.15, 0.2) is 0 Å². The van der Waals surface area contributed by atoms with Crippen molar-refractivity contribution in [2.24, 2.45) is 0 Å². The minimum atomic E-state index is -0.592. The SMILES string of the molecule is CC(C)(C)OC(=O)N1CCC2(CC1)c1ccccc1N[C@H]2O. The Hall–Kier alpha value is -1.75. The molecule has 0 aromatic heterocycles. The highest BCUT2D eigenvalue weighted by Crippen LogP contribution is 2.47. The Kier molecular flexibility index (Phi) is 3.56. The number of fused-ring (bicyclic) bond motifs is 2. The molecular weight excluding hydrogens is 280 g/mol. The number of nitrogens with one attached hydrogen (secondary N) is 1. The standard InChI is InChI=1S/C17H24N2O3/c1-16(2,3)22-15(21)19-10-8-17(9-11-19)12-6-4-5-7-13(12)18-14(17)20/h4-7,14,18,20H,8-11H2,1-3H3/t14-/m0/s1. The number of amides is 1. The molecule has 2 heterocycles. The second-order valence-corrected chi connectivity index (χ2v) is 7.22. The Morgan fingerprint density at radius 3 is 2.59 bits per heavy atom. The summed E-state index contributed by atoms with van der Waals surface area (Å²) in [6.45, 7) is 6.82. The van der Waals surface area contributed by atoms with E-state index in [1.54, 1.807) is 4.90 Å². The molecule has 1 saturated heterocycles. The fraction of sp³-hybridized carbons (Fsp3) is 0.588. The second kappa shape index (κ2) is 5.16. The van der Waals surface area contributed by atoms with Crippen LogP contribution in [-0.4, -0.2) is 41.0 Å². The van der Waals surface area contributed by atoms with E-state index in [1.807, 2.05) is 39.0 Å². The summed E-state index contributed by atoms with van der Waals surface area (Å²) in [5.74, 6) is 0. The number of aliphatic hydroxyl groups excluding tert-OH is 1. The van der Waals surface area contributed by atoms with Crippen molar-refractivity contribution < 1.29 is 14.6 Å². The summed E-state index contributed by atoms with van der Waals surface area (Å²) >= 11 is 0. The average Bonchev–Trinajstić information content (AvgIpc) is 2.71. The Morgan fingerprint density at radius 2 is 1.95 bits per heavy atom. The zero-order valence-corrected chi connectivity index (χ0v) is 13.4. The fourth-order valence-electron chi connectivity index (χ4n) is 3.43. The normalized spacial score (nSPS) is 23.1. The molecule has 2 aliphatic heterocycles. The highest BCUT2D eigenvalue weighted by molar-refractivity contribution is 5.69. The van der Waals surface area contributed by atoms with Gasteiger partial charge in [-0.05, 0) is 45.2 Å². The van der Waals surface area contributed by atoms with Gasteiger partial charge in [-0.15, -0.1) is 0 Å². The molecule has 2 N–H and O–H groups in total. The molecule has 1 fully saturated rings. The van der Waals surface area contributed by atoms with E-state index < -0.39 is 11.8 Å². The molecule has 0 aliphatic carbocycles. The average molecular weight is 304 g/mol. The third-order valence-electron chi connectivity index (χ3n) is 4.59. The quantitative estimate of drug-likeness (QED) is 0.773. The molecule has 22 heavy (non-hydrogen) atoms. The number of nitrogens with zero attached hydrogens (tertiary/aromatic N) is 1. The van der Waals surface area contributed by atoms with Gasteiger partial charge in [0.25, 0.3) is 0 Å². The fourth-order valence-corrected chi connectivity index (χ4v) is 3.43. The summed E-state index contributed by atoms with van der Waals surface area (Å²) in [5, 5.41) is 13.7. The number of carbonyl (C=O) groups is 1. The number of hydrogen-bond donors (Lipinski definition) is 2. The van der Waals surface area contributed by atoms with E-state index >= 15 is 0 Å². The van der Waals surface area contributed by atoms with E-state index in [0.29, 0.717) is 13.1 Å². The predicted octanol–water partition coefficient (Wildman–Crippen LogP) is 2.70. The van der Waals surface area contributed by atoms with Crippen LogP contribution in [0.4, 0.5) is 10.5 Å². The van der Waals surface area contributed by atoms with E-state index in [4.69, 9.17) is 4.74 Å². The maximum Gasteiger partial charge on any atom is 0.410 e. The van der Waals surface area contributed by atoms with Crippen molar-refractivity contribution in [1.82, 2.24) is 4.90 Å². The zero-order chi connectivity index (χ0) is 16.0. The van der Waals surface area contributed by atoms with Crippen molar-refractivity contribution >= 4 is 11.8 Å². The summed E-state index contributed by atoms with van der Waals surface area (Å²) in [5.41, 5.74) is 1.38. The van der Waals surface area contributed by atoms with Crippen LogP contribution in [0.15, 0.2) is 24.3 Å². The lowest BCUT2D eigenvalue weighted by Crippen LogP contribution is -2.51. The maximum atomic E-state index is 12.2. The van der Waals surface area contributed by atoms with Crippen LogP contribution in [0.5, 0.6) is 0 Å². The van der Waals surface area contributed by atoms with E-state index in [-0.39, 0.29) is 11.5 Å². The van der Waals surface area contributed by atoms with E-state index in [2.05, 4.69) is 11.4 Å². The number of hydrogen-bond acceptors (Lipinski definition) is 4. The molecule has 1 amide bonds. The number of ether oxygens (including phenoxy) is 1. The van der Waals surface area contributed by atoms with Crippen molar-refractivity contribution in [2.75, 3.05) is 18.4 Å². The highest BCUT2D eigenvalue weighted by atomic mass is 16.6. The number of anilines is 1. The molecule has 1 aromatic carbocycles. The molecule has 1 aromatic rings. The van der Waals surface area contributed by atoms with Gasteiger partial charge >= 0.3 is 6.09 Å². The molecule has 3 rings (SSSR count). The van der Waals surface area contributed by atoms with Crippen molar-refractivity contribution in [3.05, 3.63) is 29.8 Å². The molecule has 0 saturated carbocycles. The van der Waals surface area contributed by atoms with Gasteiger partial charge in [0, 0.05) is 24.2 Å². The van der Waals surface area contributed by atoms with Crippen LogP contribution >= 0.6 is 0 Å². The molecule has 0 radical (unpaired) electrons. The van der Waals surface area contributed by atoms with Crippen LogP contribution in [0.3, 0.4) is 0 Å². The number of carbonyl (C=O) groups excluding carboxylic acids is 1. The largest absolute Gasteiger partial charge is 0.444 e. The summed E-state index contributed by atoms with van der Waals surface area (Å²) in [7, 11) is 0. The molecule has 5 nitrogen and oxygen atoms in total. The lowest BCUT2D eigenvalue weighted by atomic mass is 9.73. The van der Waals surface area contributed by atoms with Gasteiger partial charge in [-0.1, -0.05) is 18.2 Å². The summed E-state index contributed by atoms with van der Waals surface area (Å²) in [4.78, 5) is 13.9. The van der Waals surface area contributed by atoms with Gasteiger partial charge in [-0.25, -0.2) is 4.79 Å². The minimum absolute atomic E-state index is 0.268. The van der Waals surface area contributed by atoms with Gasteiger partial charge in [0.1, 0.15) is 11.8 Å². The molecule has 120 valence electrons. The van der Waals surface area contributed by atoms with E-state index in [1.165, 1.54) is 0 Å². The van der Waals surface area contributed by atoms with Crippen LogP contribution in [-0.2, 0) is 10.2 Å². The van der Waals surface area contributed by atoms with Crippen LogP contribution in [0, 0.1) is 0 Å². The van der Waals surface area contributed by atoms with Crippen molar-refractivity contribution in [1.29, 1.82) is 0 Å². The van der Waals surface area contributed by atoms with Crippen molar-refractivity contribution in [3.8, 4) is 0 Å². The van der Waals surface area contributed by atoms with E-state index in [9.17, 15) is 9.90 Å². The van der Waals surface area contributed by atoms with Crippen LogP contribution in [0.25, 0.3) is 0 Å². The number of rotatable bonds is 0. The van der Waals surface area contributed by atoms with Crippen LogP contribution < -0.4 is 5.32 Å². The molecule has 2 aliphatic rings. The van der Waals surface area contributed by atoms with Gasteiger partial charge in [-0.2, -0.15) is 0 Å². The number of likely N-dealkylation sites (tertiary alicyclic amines) is 1. The second-order valence-electron chi connectivity index (χ2n) is 7.22. The third kappa shape index (κ3) is 2.54. The number of benzene rings is 1. The molecule has 0 unspecified atom stereocenters. The first-order chi connectivity index (χ1) is 10.3. The Labute approximate surface area is 131 Å². The van der Waals surface area contributed by atoms with E-state index in [0.717, 1.165) is 24.1 Å². The molecule has 0 bridgehead atoms. The lowest BCUT2D eigenvalue weighted by Gasteiger charge is -2.41. The Morgan fingerprint density at radius 1 is 1.32 bits per heavy atom.